The molecule has 1 aromatic carbocycles. The molecule has 1 aromatic rings. The van der Waals surface area contributed by atoms with Crippen molar-refractivity contribution in [3.8, 4) is 0 Å². The lowest BCUT2D eigenvalue weighted by Crippen LogP contribution is -2.29. The van der Waals surface area contributed by atoms with Gasteiger partial charge >= 0.3 is 0 Å². The highest BCUT2D eigenvalue weighted by Crippen LogP contribution is 2.22. The topological polar surface area (TPSA) is 49.4 Å². The van der Waals surface area contributed by atoms with Crippen molar-refractivity contribution < 1.29 is 8.42 Å². The van der Waals surface area contributed by atoms with Crippen LogP contribution < -0.4 is 10.2 Å². The van der Waals surface area contributed by atoms with Gasteiger partial charge in [-0.15, -0.1) is 0 Å². The van der Waals surface area contributed by atoms with Crippen LogP contribution in [0.4, 0.5) is 5.69 Å². The van der Waals surface area contributed by atoms with Crippen molar-refractivity contribution in [2.75, 3.05) is 31.3 Å². The van der Waals surface area contributed by atoms with E-state index >= 15 is 0 Å². The van der Waals surface area contributed by atoms with E-state index in [4.69, 9.17) is 0 Å². The minimum absolute atomic E-state index is 0.380. The molecule has 0 amide bonds. The molecule has 0 radical (unpaired) electrons. The predicted molar refractivity (Wildman–Crippen MR) is 69.2 cm³/mol. The predicted octanol–water partition coefficient (Wildman–Crippen LogP) is 0.888. The van der Waals surface area contributed by atoms with Gasteiger partial charge in [-0.3, -0.25) is 0 Å². The third-order valence-electron chi connectivity index (χ3n) is 3.23. The summed E-state index contributed by atoms with van der Waals surface area (Å²) >= 11 is 0. The summed E-state index contributed by atoms with van der Waals surface area (Å²) in [7, 11) is -1.12. The van der Waals surface area contributed by atoms with Crippen LogP contribution in [0.15, 0.2) is 29.2 Å². The van der Waals surface area contributed by atoms with Crippen molar-refractivity contribution in [1.29, 1.82) is 0 Å². The van der Waals surface area contributed by atoms with Crippen LogP contribution in [0.1, 0.15) is 6.42 Å². The summed E-state index contributed by atoms with van der Waals surface area (Å²) in [5, 5.41) is 3.26. The van der Waals surface area contributed by atoms with E-state index in [0.29, 0.717) is 10.9 Å². The first-order valence-electron chi connectivity index (χ1n) is 5.73. The lowest BCUT2D eigenvalue weighted by atomic mass is 10.3. The highest BCUT2D eigenvalue weighted by atomic mass is 32.2. The second kappa shape index (κ2) is 4.66. The summed E-state index contributed by atoms with van der Waals surface area (Å²) in [4.78, 5) is 2.65. The fraction of sp³-hybridized carbons (Fsp3) is 0.500. The Balaban J connectivity index is 2.14. The fourth-order valence-corrected chi connectivity index (χ4v) is 2.77. The summed E-state index contributed by atoms with van der Waals surface area (Å²) < 4.78 is 22.7. The SMILES string of the molecule is CNC1CCN(c2ccc(S(C)(=O)=O)cc2)C1. The molecule has 0 spiro atoms. The van der Waals surface area contributed by atoms with Crippen molar-refractivity contribution in [1.82, 2.24) is 5.32 Å². The molecule has 4 nitrogen and oxygen atoms in total. The molecule has 1 aliphatic heterocycles. The molecule has 1 heterocycles. The molecule has 1 aliphatic rings. The van der Waals surface area contributed by atoms with Crippen molar-refractivity contribution >= 4 is 15.5 Å². The Hall–Kier alpha value is -1.07. The van der Waals surface area contributed by atoms with Gasteiger partial charge in [0.2, 0.25) is 0 Å². The van der Waals surface area contributed by atoms with E-state index in [-0.39, 0.29) is 0 Å². The summed E-state index contributed by atoms with van der Waals surface area (Å²) in [6.45, 7) is 2.00. The van der Waals surface area contributed by atoms with Gasteiger partial charge in [0.1, 0.15) is 0 Å². The first kappa shape index (κ1) is 12.4. The van der Waals surface area contributed by atoms with E-state index < -0.39 is 9.84 Å². The van der Waals surface area contributed by atoms with Gasteiger partial charge in [0.05, 0.1) is 4.90 Å². The standard InChI is InChI=1S/C12H18N2O2S/c1-13-10-7-8-14(9-10)11-3-5-12(6-4-11)17(2,15)16/h3-6,10,13H,7-9H2,1-2H3. The molecule has 1 unspecified atom stereocenters. The zero-order chi connectivity index (χ0) is 12.5. The number of nitrogens with zero attached hydrogens (tertiary/aromatic N) is 1. The molecule has 0 aromatic heterocycles. The number of benzene rings is 1. The van der Waals surface area contributed by atoms with Crippen LogP contribution in [-0.2, 0) is 9.84 Å². The van der Waals surface area contributed by atoms with Crippen LogP contribution >= 0.6 is 0 Å². The number of hydrogen-bond acceptors (Lipinski definition) is 4. The number of hydrogen-bond donors (Lipinski definition) is 1. The number of anilines is 1. The average molecular weight is 254 g/mol. The van der Waals surface area contributed by atoms with Gasteiger partial charge < -0.3 is 10.2 Å². The fourth-order valence-electron chi connectivity index (χ4n) is 2.13. The molecule has 1 N–H and O–H groups in total. The quantitative estimate of drug-likeness (QED) is 0.870. The Bertz CT molecular complexity index is 482. The molecule has 17 heavy (non-hydrogen) atoms. The molecular weight excluding hydrogens is 236 g/mol. The first-order chi connectivity index (χ1) is 8.00. The maximum absolute atomic E-state index is 11.3. The van der Waals surface area contributed by atoms with Gasteiger partial charge in [-0.1, -0.05) is 0 Å². The summed E-state index contributed by atoms with van der Waals surface area (Å²) in [6.07, 6.45) is 2.36. The monoisotopic (exact) mass is 254 g/mol. The number of nitrogens with one attached hydrogen (secondary N) is 1. The minimum atomic E-state index is -3.09. The zero-order valence-electron chi connectivity index (χ0n) is 10.2. The Morgan fingerprint density at radius 1 is 1.29 bits per heavy atom. The number of likely N-dealkylation sites (N-methyl/N-ethyl adjacent to an activating group) is 1. The average Bonchev–Trinajstić information content (AvgIpc) is 2.76. The van der Waals surface area contributed by atoms with Crippen LogP contribution in [-0.4, -0.2) is 40.9 Å². The maximum atomic E-state index is 11.3. The Labute approximate surface area is 103 Å². The van der Waals surface area contributed by atoms with E-state index in [1.165, 1.54) is 6.26 Å². The third kappa shape index (κ3) is 2.79. The van der Waals surface area contributed by atoms with Gasteiger partial charge in [-0.25, -0.2) is 8.42 Å². The number of sulfone groups is 1. The Morgan fingerprint density at radius 3 is 2.41 bits per heavy atom. The molecule has 0 bridgehead atoms. The Kier molecular flexibility index (Phi) is 3.40. The van der Waals surface area contributed by atoms with Crippen molar-refractivity contribution in [3.05, 3.63) is 24.3 Å². The molecule has 5 heteroatoms. The molecular formula is C12H18N2O2S. The van der Waals surface area contributed by atoms with Crippen molar-refractivity contribution in [2.24, 2.45) is 0 Å². The summed E-state index contributed by atoms with van der Waals surface area (Å²) in [6, 6.07) is 7.65. The van der Waals surface area contributed by atoms with E-state index in [9.17, 15) is 8.42 Å². The van der Waals surface area contributed by atoms with E-state index in [1.807, 2.05) is 19.2 Å². The molecule has 2 rings (SSSR count). The van der Waals surface area contributed by atoms with Crippen LogP contribution in [0.2, 0.25) is 0 Å². The summed E-state index contributed by atoms with van der Waals surface area (Å²) in [5.41, 5.74) is 1.09. The lowest BCUT2D eigenvalue weighted by Gasteiger charge is -2.18. The molecule has 94 valence electrons. The lowest BCUT2D eigenvalue weighted by molar-refractivity contribution is 0.602. The Morgan fingerprint density at radius 2 is 1.94 bits per heavy atom. The van der Waals surface area contributed by atoms with Gasteiger partial charge in [-0.05, 0) is 37.7 Å². The third-order valence-corrected chi connectivity index (χ3v) is 4.35. The van der Waals surface area contributed by atoms with Crippen LogP contribution in [0.3, 0.4) is 0 Å². The smallest absolute Gasteiger partial charge is 0.175 e. The van der Waals surface area contributed by atoms with Crippen LogP contribution in [0.5, 0.6) is 0 Å². The highest BCUT2D eigenvalue weighted by molar-refractivity contribution is 7.90. The molecule has 0 aliphatic carbocycles. The summed E-state index contributed by atoms with van der Waals surface area (Å²) in [5.74, 6) is 0. The largest absolute Gasteiger partial charge is 0.370 e. The van der Waals surface area contributed by atoms with Gasteiger partial charge in [0.25, 0.3) is 0 Å². The minimum Gasteiger partial charge on any atom is -0.370 e. The van der Waals surface area contributed by atoms with Gasteiger partial charge in [-0.2, -0.15) is 0 Å². The van der Waals surface area contributed by atoms with Gasteiger partial charge in [0, 0.05) is 31.1 Å². The van der Waals surface area contributed by atoms with Crippen LogP contribution in [0.25, 0.3) is 0 Å². The maximum Gasteiger partial charge on any atom is 0.175 e. The number of rotatable bonds is 3. The molecule has 0 saturated carbocycles. The van der Waals surface area contributed by atoms with Crippen molar-refractivity contribution in [2.45, 2.75) is 17.4 Å². The van der Waals surface area contributed by atoms with E-state index in [0.717, 1.165) is 25.2 Å². The first-order valence-corrected chi connectivity index (χ1v) is 7.62. The normalized spacial score (nSPS) is 20.8. The van der Waals surface area contributed by atoms with E-state index in [1.54, 1.807) is 12.1 Å². The van der Waals surface area contributed by atoms with Gasteiger partial charge in [0.15, 0.2) is 9.84 Å². The van der Waals surface area contributed by atoms with Crippen molar-refractivity contribution in [3.63, 3.8) is 0 Å². The highest BCUT2D eigenvalue weighted by Gasteiger charge is 2.21. The van der Waals surface area contributed by atoms with Crippen LogP contribution in [0, 0.1) is 0 Å². The zero-order valence-corrected chi connectivity index (χ0v) is 11.0. The second-order valence-electron chi connectivity index (χ2n) is 4.49. The molecule has 1 saturated heterocycles. The second-order valence-corrected chi connectivity index (χ2v) is 6.50. The molecule has 1 atom stereocenters. The van der Waals surface area contributed by atoms with E-state index in [2.05, 4.69) is 10.2 Å². The molecule has 1 fully saturated rings.